The van der Waals surface area contributed by atoms with Gasteiger partial charge in [-0.25, -0.2) is 14.2 Å². The van der Waals surface area contributed by atoms with Crippen LogP contribution < -0.4 is 15.5 Å². The van der Waals surface area contributed by atoms with Crippen LogP contribution in [0.25, 0.3) is 0 Å². The molecule has 208 valence electrons. The smallest absolute Gasteiger partial charge is 0.205 e. The lowest BCUT2D eigenvalue weighted by Gasteiger charge is -2.60. The molecule has 0 aromatic heterocycles. The number of nitrogens with one attached hydrogen (secondary N) is 2. The number of ether oxygens (including phenoxy) is 3. The van der Waals surface area contributed by atoms with E-state index in [9.17, 15) is 4.39 Å². The van der Waals surface area contributed by atoms with Crippen LogP contribution in [0.5, 0.6) is 5.75 Å². The fourth-order valence-corrected chi connectivity index (χ4v) is 6.80. The van der Waals surface area contributed by atoms with E-state index in [4.69, 9.17) is 36.2 Å². The highest BCUT2D eigenvalue weighted by Gasteiger charge is 2.69. The SMILES string of the molecule is C[C@H]1[C@@H](Oc2ccc(/C=N/NC(=S)Nc3ccc(F)cc3)cc2)OC2O[C@]3(C)CC[C@H]4[C@H](C)CC[C@@H]1[C@@]24OO3. The highest BCUT2D eigenvalue weighted by Crippen LogP contribution is 2.60. The number of benzene rings is 2. The third kappa shape index (κ3) is 5.04. The first-order chi connectivity index (χ1) is 18.8. The molecule has 8 atom stereocenters. The molecule has 7 rings (SSSR count). The van der Waals surface area contributed by atoms with Crippen LogP contribution in [-0.4, -0.2) is 35.3 Å². The fraction of sp³-hybridized carbons (Fsp3) is 0.517. The second-order valence-electron chi connectivity index (χ2n) is 11.3. The largest absolute Gasteiger partial charge is 0.465 e. The molecule has 4 aliphatic heterocycles. The Labute approximate surface area is 233 Å². The van der Waals surface area contributed by atoms with Gasteiger partial charge in [0.2, 0.25) is 12.1 Å². The van der Waals surface area contributed by atoms with Crippen molar-refractivity contribution in [3.63, 3.8) is 0 Å². The molecular weight excluding hydrogens is 521 g/mol. The minimum atomic E-state index is -0.811. The summed E-state index contributed by atoms with van der Waals surface area (Å²) in [5.74, 6) is 0.707. The molecule has 5 aliphatic rings. The standard InChI is InChI=1S/C29H34FN3O5S/c1-17-4-13-24-18(2)25(35-26-29(24)23(17)14-15-28(3,36-26)37-38-29)34-22-11-5-19(6-12-22)16-31-33-27(39)32-21-9-7-20(30)8-10-21/h5-12,16-18,23-26H,4,13-15H2,1-3H3,(H2,32,33,39)/b31-16+/t17-,18-,23+,24+,25+,26?,28+,29-/m1/s1. The number of halogens is 1. The van der Waals surface area contributed by atoms with Gasteiger partial charge in [0.25, 0.3) is 0 Å². The Morgan fingerprint density at radius 1 is 1.05 bits per heavy atom. The fourth-order valence-electron chi connectivity index (χ4n) is 6.63. The van der Waals surface area contributed by atoms with Crippen LogP contribution in [0.4, 0.5) is 10.1 Å². The molecule has 5 fully saturated rings. The van der Waals surface area contributed by atoms with E-state index in [0.29, 0.717) is 28.4 Å². The van der Waals surface area contributed by atoms with Gasteiger partial charge in [-0.1, -0.05) is 13.8 Å². The summed E-state index contributed by atoms with van der Waals surface area (Å²) < 4.78 is 32.3. The first kappa shape index (κ1) is 26.6. The Bertz CT molecular complexity index is 1230. The first-order valence-electron chi connectivity index (χ1n) is 13.6. The van der Waals surface area contributed by atoms with Gasteiger partial charge in [-0.3, -0.25) is 5.43 Å². The molecule has 10 heteroatoms. The molecule has 39 heavy (non-hydrogen) atoms. The van der Waals surface area contributed by atoms with Crippen LogP contribution in [0.15, 0.2) is 53.6 Å². The molecule has 2 aromatic rings. The maximum atomic E-state index is 13.1. The van der Waals surface area contributed by atoms with E-state index >= 15 is 0 Å². The zero-order valence-corrected chi connectivity index (χ0v) is 23.1. The van der Waals surface area contributed by atoms with Crippen molar-refractivity contribution in [2.45, 2.75) is 70.4 Å². The van der Waals surface area contributed by atoms with E-state index in [1.54, 1.807) is 18.3 Å². The summed E-state index contributed by atoms with van der Waals surface area (Å²) in [6.07, 6.45) is 4.58. The van der Waals surface area contributed by atoms with Crippen LogP contribution in [0.3, 0.4) is 0 Å². The lowest BCUT2D eigenvalue weighted by atomic mass is 9.58. The van der Waals surface area contributed by atoms with Gasteiger partial charge < -0.3 is 19.5 Å². The molecule has 4 heterocycles. The number of rotatable bonds is 5. The first-order valence-corrected chi connectivity index (χ1v) is 14.0. The van der Waals surface area contributed by atoms with Crippen molar-refractivity contribution in [2.75, 3.05) is 5.32 Å². The number of hydrazone groups is 1. The lowest BCUT2D eigenvalue weighted by Crippen LogP contribution is -2.70. The topological polar surface area (TPSA) is 82.6 Å². The van der Waals surface area contributed by atoms with E-state index < -0.39 is 24.0 Å². The number of fused-ring (bicyclic) bond motifs is 2. The van der Waals surface area contributed by atoms with Gasteiger partial charge in [-0.2, -0.15) is 5.10 Å². The molecule has 2 N–H and O–H groups in total. The highest BCUT2D eigenvalue weighted by molar-refractivity contribution is 7.80. The normalized spacial score (nSPS) is 37.1. The quantitative estimate of drug-likeness (QED) is 0.209. The maximum Gasteiger partial charge on any atom is 0.205 e. The van der Waals surface area contributed by atoms with Gasteiger partial charge in [0.1, 0.15) is 11.6 Å². The van der Waals surface area contributed by atoms with Crippen molar-refractivity contribution in [1.29, 1.82) is 0 Å². The number of thiocarbonyl (C=S) groups is 1. The average molecular weight is 556 g/mol. The monoisotopic (exact) mass is 555 g/mol. The zero-order chi connectivity index (χ0) is 27.2. The van der Waals surface area contributed by atoms with Crippen molar-refractivity contribution >= 4 is 29.2 Å². The Morgan fingerprint density at radius 2 is 1.82 bits per heavy atom. The predicted molar refractivity (Wildman–Crippen MR) is 147 cm³/mol. The Balaban J connectivity index is 1.09. The molecule has 1 unspecified atom stereocenters. The number of hydrogen-bond acceptors (Lipinski definition) is 7. The van der Waals surface area contributed by atoms with Crippen molar-refractivity contribution in [1.82, 2.24) is 5.43 Å². The number of hydrogen-bond donors (Lipinski definition) is 2. The third-order valence-electron chi connectivity index (χ3n) is 8.71. The highest BCUT2D eigenvalue weighted by atomic mass is 32.1. The van der Waals surface area contributed by atoms with Crippen molar-refractivity contribution in [3.05, 3.63) is 59.9 Å². The van der Waals surface area contributed by atoms with Crippen LogP contribution in [0, 0.1) is 29.5 Å². The van der Waals surface area contributed by atoms with Gasteiger partial charge in [-0.05, 0) is 104 Å². The Kier molecular flexibility index (Phi) is 7.09. The van der Waals surface area contributed by atoms with Gasteiger partial charge in [0.05, 0.1) is 6.21 Å². The second kappa shape index (κ2) is 10.4. The molecule has 2 bridgehead atoms. The Morgan fingerprint density at radius 3 is 2.59 bits per heavy atom. The second-order valence-corrected chi connectivity index (χ2v) is 11.7. The van der Waals surface area contributed by atoms with E-state index in [-0.39, 0.29) is 17.7 Å². The maximum absolute atomic E-state index is 13.1. The third-order valence-corrected chi connectivity index (χ3v) is 8.90. The van der Waals surface area contributed by atoms with Crippen molar-refractivity contribution < 1.29 is 28.4 Å². The molecule has 1 aliphatic carbocycles. The molecule has 0 amide bonds. The van der Waals surface area contributed by atoms with E-state index in [2.05, 4.69) is 29.7 Å². The molecule has 0 radical (unpaired) electrons. The summed E-state index contributed by atoms with van der Waals surface area (Å²) in [4.78, 5) is 12.1. The van der Waals surface area contributed by atoms with Gasteiger partial charge >= 0.3 is 0 Å². The minimum Gasteiger partial charge on any atom is -0.465 e. The van der Waals surface area contributed by atoms with Crippen LogP contribution in [-0.2, 0) is 19.2 Å². The molecular formula is C29H34FN3O5S. The Hall–Kier alpha value is -2.63. The molecule has 8 nitrogen and oxygen atoms in total. The summed E-state index contributed by atoms with van der Waals surface area (Å²) in [5, 5.41) is 7.42. The lowest BCUT2D eigenvalue weighted by molar-refractivity contribution is -0.575. The predicted octanol–water partition coefficient (Wildman–Crippen LogP) is 5.73. The van der Waals surface area contributed by atoms with Gasteiger partial charge in [0.15, 0.2) is 17.0 Å². The van der Waals surface area contributed by atoms with Crippen molar-refractivity contribution in [2.24, 2.45) is 28.8 Å². The molecule has 2 aromatic carbocycles. The van der Waals surface area contributed by atoms with E-state index in [0.717, 1.165) is 31.2 Å². The average Bonchev–Trinajstić information content (AvgIpc) is 3.15. The van der Waals surface area contributed by atoms with Crippen LogP contribution >= 0.6 is 12.2 Å². The summed E-state index contributed by atoms with van der Waals surface area (Å²) in [6, 6.07) is 13.5. The molecule has 1 saturated carbocycles. The molecule has 1 spiro atoms. The summed E-state index contributed by atoms with van der Waals surface area (Å²) in [7, 11) is 0. The number of nitrogens with zero attached hydrogens (tertiary/aromatic N) is 1. The van der Waals surface area contributed by atoms with Gasteiger partial charge in [0, 0.05) is 23.9 Å². The van der Waals surface area contributed by atoms with E-state index in [1.165, 1.54) is 12.1 Å². The van der Waals surface area contributed by atoms with Gasteiger partial charge in [-0.15, -0.1) is 0 Å². The van der Waals surface area contributed by atoms with Crippen molar-refractivity contribution in [3.8, 4) is 5.75 Å². The van der Waals surface area contributed by atoms with Crippen LogP contribution in [0.2, 0.25) is 0 Å². The minimum absolute atomic E-state index is 0.0889. The molecule has 4 saturated heterocycles. The zero-order valence-electron chi connectivity index (χ0n) is 22.3. The summed E-state index contributed by atoms with van der Waals surface area (Å²) >= 11 is 5.23. The van der Waals surface area contributed by atoms with E-state index in [1.807, 2.05) is 31.2 Å². The summed E-state index contributed by atoms with van der Waals surface area (Å²) in [5.41, 5.74) is 3.69. The van der Waals surface area contributed by atoms with Crippen LogP contribution in [0.1, 0.15) is 52.0 Å². The number of anilines is 1. The summed E-state index contributed by atoms with van der Waals surface area (Å²) in [6.45, 7) is 6.40.